The van der Waals surface area contributed by atoms with Crippen LogP contribution in [-0.2, 0) is 17.9 Å². The fraction of sp³-hybridized carbons (Fsp3) is 0.211. The minimum absolute atomic E-state index is 0.105. The van der Waals surface area contributed by atoms with Crippen molar-refractivity contribution in [2.75, 3.05) is 5.75 Å². The number of hydrogen-bond acceptors (Lipinski definition) is 4. The van der Waals surface area contributed by atoms with E-state index in [-0.39, 0.29) is 17.2 Å². The number of thioether (sulfide) groups is 1. The molecule has 0 aliphatic heterocycles. The highest BCUT2D eigenvalue weighted by Gasteiger charge is 2.12. The summed E-state index contributed by atoms with van der Waals surface area (Å²) >= 11 is 7.23. The molecule has 0 spiro atoms. The molecule has 3 rings (SSSR count). The average Bonchev–Trinajstić information content (AvgIpc) is 2.66. The molecule has 26 heavy (non-hydrogen) atoms. The summed E-state index contributed by atoms with van der Waals surface area (Å²) < 4.78 is 1.56. The number of carbonyl (C=O) groups is 1. The van der Waals surface area contributed by atoms with Crippen LogP contribution in [-0.4, -0.2) is 21.2 Å². The van der Waals surface area contributed by atoms with Gasteiger partial charge in [-0.15, -0.1) is 0 Å². The van der Waals surface area contributed by atoms with Gasteiger partial charge in [-0.05, 0) is 30.7 Å². The predicted molar refractivity (Wildman–Crippen MR) is 106 cm³/mol. The van der Waals surface area contributed by atoms with E-state index in [0.717, 1.165) is 5.56 Å². The Kier molecular flexibility index (Phi) is 5.96. The Morgan fingerprint density at radius 1 is 1.23 bits per heavy atom. The molecule has 1 amide bonds. The summed E-state index contributed by atoms with van der Waals surface area (Å²) in [5.41, 5.74) is 1.47. The molecular weight excluding hydrogens is 370 g/mol. The van der Waals surface area contributed by atoms with Gasteiger partial charge in [0.2, 0.25) is 5.91 Å². The summed E-state index contributed by atoms with van der Waals surface area (Å²) in [5.74, 6) is 0.0882. The van der Waals surface area contributed by atoms with Crippen LogP contribution in [0, 0.1) is 0 Å². The summed E-state index contributed by atoms with van der Waals surface area (Å²) in [5, 5.41) is 4.39. The van der Waals surface area contributed by atoms with Crippen molar-refractivity contribution in [2.24, 2.45) is 0 Å². The van der Waals surface area contributed by atoms with Crippen LogP contribution in [0.2, 0.25) is 5.02 Å². The van der Waals surface area contributed by atoms with Crippen LogP contribution in [0.1, 0.15) is 12.5 Å². The van der Waals surface area contributed by atoms with Crippen molar-refractivity contribution in [2.45, 2.75) is 25.2 Å². The van der Waals surface area contributed by atoms with Crippen molar-refractivity contribution in [3.63, 3.8) is 0 Å². The maximum atomic E-state index is 12.6. The molecule has 134 valence electrons. The molecule has 0 fully saturated rings. The number of halogens is 1. The highest BCUT2D eigenvalue weighted by molar-refractivity contribution is 7.99. The lowest BCUT2D eigenvalue weighted by atomic mass is 10.2. The van der Waals surface area contributed by atoms with Gasteiger partial charge in [0.15, 0.2) is 5.16 Å². The van der Waals surface area contributed by atoms with Gasteiger partial charge in [-0.1, -0.05) is 53.7 Å². The van der Waals surface area contributed by atoms with Gasteiger partial charge in [0, 0.05) is 18.1 Å². The lowest BCUT2D eigenvalue weighted by Gasteiger charge is -2.11. The summed E-state index contributed by atoms with van der Waals surface area (Å²) in [4.78, 5) is 29.3. The number of benzene rings is 2. The molecule has 0 bridgehead atoms. The normalized spacial score (nSPS) is 10.8. The maximum absolute atomic E-state index is 12.6. The SMILES string of the molecule is CCn1c(SCC(=O)NCc2ccccc2)nc2ccc(Cl)cc2c1=O. The minimum atomic E-state index is -0.146. The first-order valence-corrected chi connectivity index (χ1v) is 9.58. The van der Waals surface area contributed by atoms with Crippen molar-refractivity contribution in [3.05, 3.63) is 69.5 Å². The number of amides is 1. The number of nitrogens with one attached hydrogen (secondary N) is 1. The Hall–Kier alpha value is -2.31. The number of carbonyl (C=O) groups excluding carboxylic acids is 1. The zero-order valence-electron chi connectivity index (χ0n) is 14.2. The van der Waals surface area contributed by atoms with Crippen LogP contribution < -0.4 is 10.9 Å². The monoisotopic (exact) mass is 387 g/mol. The third-order valence-corrected chi connectivity index (χ3v) is 5.07. The van der Waals surface area contributed by atoms with Gasteiger partial charge in [0.1, 0.15) is 0 Å². The summed E-state index contributed by atoms with van der Waals surface area (Å²) in [6, 6.07) is 14.8. The molecule has 1 aromatic heterocycles. The summed E-state index contributed by atoms with van der Waals surface area (Å²) in [7, 11) is 0. The van der Waals surface area contributed by atoms with Crippen LogP contribution in [0.4, 0.5) is 0 Å². The molecule has 5 nitrogen and oxygen atoms in total. The van der Waals surface area contributed by atoms with Gasteiger partial charge in [-0.2, -0.15) is 0 Å². The minimum Gasteiger partial charge on any atom is -0.351 e. The van der Waals surface area contributed by atoms with Gasteiger partial charge in [-0.3, -0.25) is 14.2 Å². The van der Waals surface area contributed by atoms with E-state index >= 15 is 0 Å². The predicted octanol–water partition coefficient (Wildman–Crippen LogP) is 3.48. The van der Waals surface area contributed by atoms with E-state index in [1.165, 1.54) is 11.8 Å². The number of nitrogens with zero attached hydrogens (tertiary/aromatic N) is 2. The maximum Gasteiger partial charge on any atom is 0.262 e. The highest BCUT2D eigenvalue weighted by Crippen LogP contribution is 2.20. The van der Waals surface area contributed by atoms with Crippen LogP contribution >= 0.6 is 23.4 Å². The van der Waals surface area contributed by atoms with Crippen LogP contribution in [0.5, 0.6) is 0 Å². The van der Waals surface area contributed by atoms with Crippen LogP contribution in [0.25, 0.3) is 10.9 Å². The van der Waals surface area contributed by atoms with E-state index in [1.807, 2.05) is 37.3 Å². The zero-order valence-corrected chi connectivity index (χ0v) is 15.8. The number of fused-ring (bicyclic) bond motifs is 1. The molecule has 2 aromatic carbocycles. The molecule has 0 saturated heterocycles. The van der Waals surface area contributed by atoms with Crippen LogP contribution in [0.3, 0.4) is 0 Å². The van der Waals surface area contributed by atoms with Crippen molar-refractivity contribution in [3.8, 4) is 0 Å². The van der Waals surface area contributed by atoms with E-state index in [4.69, 9.17) is 11.6 Å². The molecule has 3 aromatic rings. The number of hydrogen-bond donors (Lipinski definition) is 1. The van der Waals surface area contributed by atoms with E-state index in [9.17, 15) is 9.59 Å². The second kappa shape index (κ2) is 8.38. The van der Waals surface area contributed by atoms with Crippen LogP contribution in [0.15, 0.2) is 58.5 Å². The molecule has 7 heteroatoms. The molecule has 1 N–H and O–H groups in total. The molecule has 0 saturated carbocycles. The first-order valence-electron chi connectivity index (χ1n) is 8.22. The van der Waals surface area contributed by atoms with E-state index < -0.39 is 0 Å². The lowest BCUT2D eigenvalue weighted by molar-refractivity contribution is -0.118. The third kappa shape index (κ3) is 4.26. The molecule has 1 heterocycles. The van der Waals surface area contributed by atoms with Crippen molar-refractivity contribution >= 4 is 40.2 Å². The van der Waals surface area contributed by atoms with Crippen molar-refractivity contribution in [1.29, 1.82) is 0 Å². The first-order chi connectivity index (χ1) is 12.6. The van der Waals surface area contributed by atoms with E-state index in [2.05, 4.69) is 10.3 Å². The Labute approximate surface area is 160 Å². The second-order valence-electron chi connectivity index (χ2n) is 5.66. The Morgan fingerprint density at radius 2 is 2.00 bits per heavy atom. The Balaban J connectivity index is 1.73. The Bertz CT molecular complexity index is 989. The largest absolute Gasteiger partial charge is 0.351 e. The van der Waals surface area contributed by atoms with Crippen molar-refractivity contribution < 1.29 is 4.79 Å². The number of rotatable bonds is 6. The van der Waals surface area contributed by atoms with Gasteiger partial charge in [-0.25, -0.2) is 4.98 Å². The summed E-state index contributed by atoms with van der Waals surface area (Å²) in [6.45, 7) is 2.83. The Morgan fingerprint density at radius 3 is 2.73 bits per heavy atom. The summed E-state index contributed by atoms with van der Waals surface area (Å²) in [6.07, 6.45) is 0. The smallest absolute Gasteiger partial charge is 0.262 e. The third-order valence-electron chi connectivity index (χ3n) is 3.86. The topological polar surface area (TPSA) is 64.0 Å². The average molecular weight is 388 g/mol. The first kappa shape index (κ1) is 18.5. The van der Waals surface area contributed by atoms with E-state index in [0.29, 0.717) is 34.2 Å². The molecule has 0 unspecified atom stereocenters. The standard InChI is InChI=1S/C19H18ClN3O2S/c1-2-23-18(25)15-10-14(20)8-9-16(15)22-19(23)26-12-17(24)21-11-13-6-4-3-5-7-13/h3-10H,2,11-12H2,1H3,(H,21,24). The van der Waals surface area contributed by atoms with Gasteiger partial charge < -0.3 is 5.32 Å². The number of aromatic nitrogens is 2. The molecule has 0 radical (unpaired) electrons. The van der Waals surface area contributed by atoms with E-state index in [1.54, 1.807) is 22.8 Å². The van der Waals surface area contributed by atoms with Crippen molar-refractivity contribution in [1.82, 2.24) is 14.9 Å². The molecule has 0 aliphatic carbocycles. The highest BCUT2D eigenvalue weighted by atomic mass is 35.5. The van der Waals surface area contributed by atoms with Gasteiger partial charge in [0.05, 0.1) is 16.7 Å². The van der Waals surface area contributed by atoms with Gasteiger partial charge >= 0.3 is 0 Å². The lowest BCUT2D eigenvalue weighted by Crippen LogP contribution is -2.26. The fourth-order valence-electron chi connectivity index (χ4n) is 2.54. The van der Waals surface area contributed by atoms with Gasteiger partial charge in [0.25, 0.3) is 5.56 Å². The quantitative estimate of drug-likeness (QED) is 0.519. The second-order valence-corrected chi connectivity index (χ2v) is 7.04. The molecule has 0 atom stereocenters. The fourth-order valence-corrected chi connectivity index (χ4v) is 3.60. The molecular formula is C19H18ClN3O2S. The molecule has 0 aliphatic rings. The zero-order chi connectivity index (χ0) is 18.5.